The van der Waals surface area contributed by atoms with E-state index in [1.165, 1.54) is 0 Å². The minimum atomic E-state index is -0.289. The van der Waals surface area contributed by atoms with Gasteiger partial charge in [-0.25, -0.2) is 4.79 Å². The van der Waals surface area contributed by atoms with Gasteiger partial charge >= 0.3 is 6.09 Å². The van der Waals surface area contributed by atoms with Gasteiger partial charge in [-0.05, 0) is 19.4 Å². The molecule has 0 radical (unpaired) electrons. The average molecular weight is 290 g/mol. The fourth-order valence-electron chi connectivity index (χ4n) is 2.46. The molecule has 1 aliphatic heterocycles. The minimum absolute atomic E-state index is 0.115. The summed E-state index contributed by atoms with van der Waals surface area (Å²) in [5.74, 6) is 0.115. The van der Waals surface area contributed by atoms with Crippen LogP contribution < -0.4 is 0 Å². The smallest absolute Gasteiger partial charge is 0.409 e. The van der Waals surface area contributed by atoms with Gasteiger partial charge in [0.25, 0.3) is 0 Å². The van der Waals surface area contributed by atoms with Crippen LogP contribution in [0.5, 0.6) is 0 Å². The lowest BCUT2D eigenvalue weighted by Gasteiger charge is -2.34. The number of nitrogens with zero attached hydrogens (tertiary/aromatic N) is 2. The molecule has 5 heteroatoms. The van der Waals surface area contributed by atoms with Gasteiger partial charge in [-0.2, -0.15) is 0 Å². The topological polar surface area (TPSA) is 49.9 Å². The van der Waals surface area contributed by atoms with E-state index in [0.29, 0.717) is 39.2 Å². The largest absolute Gasteiger partial charge is 0.450 e. The van der Waals surface area contributed by atoms with Gasteiger partial charge in [0.1, 0.15) is 0 Å². The molecule has 0 unspecified atom stereocenters. The van der Waals surface area contributed by atoms with Crippen LogP contribution in [-0.2, 0) is 16.0 Å². The molecule has 0 saturated carbocycles. The Morgan fingerprint density at radius 1 is 1.14 bits per heavy atom. The number of amides is 2. The number of ether oxygens (including phenoxy) is 1. The Hall–Kier alpha value is -2.04. The van der Waals surface area contributed by atoms with Gasteiger partial charge < -0.3 is 14.5 Å². The Labute approximate surface area is 125 Å². The molecule has 1 saturated heterocycles. The first-order valence-electron chi connectivity index (χ1n) is 7.35. The van der Waals surface area contributed by atoms with Crippen LogP contribution in [0.2, 0.25) is 0 Å². The molecule has 0 aliphatic carbocycles. The summed E-state index contributed by atoms with van der Waals surface area (Å²) in [5, 5.41) is 0. The van der Waals surface area contributed by atoms with Gasteiger partial charge in [-0.1, -0.05) is 29.8 Å². The quantitative estimate of drug-likeness (QED) is 0.853. The Kier molecular flexibility index (Phi) is 5.20. The Morgan fingerprint density at radius 2 is 1.81 bits per heavy atom. The zero-order chi connectivity index (χ0) is 15.2. The van der Waals surface area contributed by atoms with Crippen LogP contribution in [0.4, 0.5) is 4.79 Å². The summed E-state index contributed by atoms with van der Waals surface area (Å²) in [5.41, 5.74) is 2.19. The van der Waals surface area contributed by atoms with E-state index >= 15 is 0 Å². The molecule has 1 aromatic carbocycles. The third-order valence-electron chi connectivity index (χ3n) is 3.60. The average Bonchev–Trinajstić information content (AvgIpc) is 2.47. The molecule has 2 amide bonds. The number of hydrogen-bond acceptors (Lipinski definition) is 3. The highest BCUT2D eigenvalue weighted by Crippen LogP contribution is 2.09. The highest BCUT2D eigenvalue weighted by atomic mass is 16.6. The molecule has 1 aliphatic rings. The van der Waals surface area contributed by atoms with E-state index in [2.05, 4.69) is 0 Å². The van der Waals surface area contributed by atoms with Gasteiger partial charge in [0.2, 0.25) is 5.91 Å². The Balaban J connectivity index is 1.84. The third-order valence-corrected chi connectivity index (χ3v) is 3.60. The number of carbonyl (C=O) groups excluding carboxylic acids is 2. The summed E-state index contributed by atoms with van der Waals surface area (Å²) >= 11 is 0. The summed E-state index contributed by atoms with van der Waals surface area (Å²) < 4.78 is 4.97. The predicted molar refractivity (Wildman–Crippen MR) is 80.1 cm³/mol. The minimum Gasteiger partial charge on any atom is -0.450 e. The molecular weight excluding hydrogens is 268 g/mol. The maximum absolute atomic E-state index is 12.3. The van der Waals surface area contributed by atoms with Crippen LogP contribution in [0.3, 0.4) is 0 Å². The number of carbonyl (C=O) groups is 2. The SMILES string of the molecule is CCOC(=O)N1CCN(C(=O)Cc2cccc(C)c2)CC1. The van der Waals surface area contributed by atoms with Crippen molar-refractivity contribution < 1.29 is 14.3 Å². The van der Waals surface area contributed by atoms with Crippen molar-refractivity contribution in [3.63, 3.8) is 0 Å². The van der Waals surface area contributed by atoms with E-state index < -0.39 is 0 Å². The van der Waals surface area contributed by atoms with E-state index in [4.69, 9.17) is 4.74 Å². The van der Waals surface area contributed by atoms with Crippen LogP contribution in [0.1, 0.15) is 18.1 Å². The standard InChI is InChI=1S/C16H22N2O3/c1-3-21-16(20)18-9-7-17(8-10-18)15(19)12-14-6-4-5-13(2)11-14/h4-6,11H,3,7-10,12H2,1-2H3. The number of piperazine rings is 1. The first kappa shape index (κ1) is 15.4. The molecule has 2 rings (SSSR count). The molecule has 114 valence electrons. The van der Waals surface area contributed by atoms with Crippen molar-refractivity contribution in [3.05, 3.63) is 35.4 Å². The molecule has 21 heavy (non-hydrogen) atoms. The Bertz CT molecular complexity index is 508. The van der Waals surface area contributed by atoms with E-state index in [1.807, 2.05) is 36.1 Å². The molecule has 1 fully saturated rings. The van der Waals surface area contributed by atoms with E-state index in [-0.39, 0.29) is 12.0 Å². The van der Waals surface area contributed by atoms with Crippen LogP contribution in [0.15, 0.2) is 24.3 Å². The van der Waals surface area contributed by atoms with Gasteiger partial charge in [-0.15, -0.1) is 0 Å². The molecule has 0 spiro atoms. The lowest BCUT2D eigenvalue weighted by Crippen LogP contribution is -2.51. The monoisotopic (exact) mass is 290 g/mol. The van der Waals surface area contributed by atoms with Crippen molar-refractivity contribution in [1.82, 2.24) is 9.80 Å². The van der Waals surface area contributed by atoms with E-state index in [0.717, 1.165) is 11.1 Å². The summed E-state index contributed by atoms with van der Waals surface area (Å²) in [7, 11) is 0. The van der Waals surface area contributed by atoms with E-state index in [1.54, 1.807) is 11.8 Å². The van der Waals surface area contributed by atoms with Crippen LogP contribution in [0.25, 0.3) is 0 Å². The highest BCUT2D eigenvalue weighted by Gasteiger charge is 2.24. The number of rotatable bonds is 3. The summed E-state index contributed by atoms with van der Waals surface area (Å²) in [4.78, 5) is 27.3. The second-order valence-electron chi connectivity index (χ2n) is 5.23. The lowest BCUT2D eigenvalue weighted by atomic mass is 10.1. The number of aryl methyl sites for hydroxylation is 1. The molecular formula is C16H22N2O3. The number of benzene rings is 1. The first-order valence-corrected chi connectivity index (χ1v) is 7.35. The van der Waals surface area contributed by atoms with E-state index in [9.17, 15) is 9.59 Å². The van der Waals surface area contributed by atoms with Gasteiger partial charge in [0.15, 0.2) is 0 Å². The second kappa shape index (κ2) is 7.11. The molecule has 0 N–H and O–H groups in total. The van der Waals surface area contributed by atoms with Crippen molar-refractivity contribution in [2.75, 3.05) is 32.8 Å². The van der Waals surface area contributed by atoms with Crippen molar-refractivity contribution in [3.8, 4) is 0 Å². The molecule has 1 aromatic rings. The van der Waals surface area contributed by atoms with Crippen molar-refractivity contribution >= 4 is 12.0 Å². The van der Waals surface area contributed by atoms with Gasteiger partial charge in [0, 0.05) is 26.2 Å². The van der Waals surface area contributed by atoms with Crippen molar-refractivity contribution in [2.45, 2.75) is 20.3 Å². The predicted octanol–water partition coefficient (Wildman–Crippen LogP) is 1.84. The molecule has 5 nitrogen and oxygen atoms in total. The second-order valence-corrected chi connectivity index (χ2v) is 5.23. The molecule has 1 heterocycles. The molecule has 0 aromatic heterocycles. The number of hydrogen-bond donors (Lipinski definition) is 0. The summed E-state index contributed by atoms with van der Waals surface area (Å²) in [6.45, 7) is 6.42. The summed E-state index contributed by atoms with van der Waals surface area (Å²) in [6, 6.07) is 8.00. The maximum Gasteiger partial charge on any atom is 0.409 e. The van der Waals surface area contributed by atoms with Gasteiger partial charge in [0.05, 0.1) is 13.0 Å². The third kappa shape index (κ3) is 4.21. The lowest BCUT2D eigenvalue weighted by molar-refractivity contribution is -0.132. The zero-order valence-electron chi connectivity index (χ0n) is 12.7. The fraction of sp³-hybridized carbons (Fsp3) is 0.500. The fourth-order valence-corrected chi connectivity index (χ4v) is 2.46. The first-order chi connectivity index (χ1) is 10.1. The molecule has 0 atom stereocenters. The van der Waals surface area contributed by atoms with Crippen molar-refractivity contribution in [1.29, 1.82) is 0 Å². The van der Waals surface area contributed by atoms with Crippen molar-refractivity contribution in [2.24, 2.45) is 0 Å². The van der Waals surface area contributed by atoms with Gasteiger partial charge in [-0.3, -0.25) is 4.79 Å². The van der Waals surface area contributed by atoms with Crippen LogP contribution in [-0.4, -0.2) is 54.6 Å². The highest BCUT2D eigenvalue weighted by molar-refractivity contribution is 5.79. The van der Waals surface area contributed by atoms with Crippen LogP contribution in [0, 0.1) is 6.92 Å². The maximum atomic E-state index is 12.3. The molecule has 0 bridgehead atoms. The zero-order valence-corrected chi connectivity index (χ0v) is 12.7. The van der Waals surface area contributed by atoms with Crippen LogP contribution >= 0.6 is 0 Å². The normalized spacial score (nSPS) is 15.0. The Morgan fingerprint density at radius 3 is 2.43 bits per heavy atom. The summed E-state index contributed by atoms with van der Waals surface area (Å²) in [6.07, 6.45) is 0.129.